The van der Waals surface area contributed by atoms with E-state index in [1.165, 1.54) is 19.5 Å². The predicted octanol–water partition coefficient (Wildman–Crippen LogP) is 2.46. The van der Waals surface area contributed by atoms with Gasteiger partial charge in [-0.3, -0.25) is 10.2 Å². The van der Waals surface area contributed by atoms with Crippen molar-refractivity contribution in [2.24, 2.45) is 0 Å². The minimum absolute atomic E-state index is 0.318. The van der Waals surface area contributed by atoms with Gasteiger partial charge in [-0.2, -0.15) is 5.26 Å². The molecule has 0 spiro atoms. The average Bonchev–Trinajstić information content (AvgIpc) is 2.64. The normalized spacial score (nSPS) is 24.2. The van der Waals surface area contributed by atoms with Crippen molar-refractivity contribution in [3.05, 3.63) is 0 Å². The van der Waals surface area contributed by atoms with Gasteiger partial charge in [0, 0.05) is 12.6 Å². The molecule has 0 aliphatic carbocycles. The molecule has 0 aromatic carbocycles. The highest BCUT2D eigenvalue weighted by molar-refractivity contribution is 5.06. The SMILES string of the molecule is CCCNC(C#N)(CC)CCCN1CCCN(C)CC1C. The Hall–Kier alpha value is -0.630. The van der Waals surface area contributed by atoms with E-state index in [2.05, 4.69) is 49.0 Å². The molecular formula is C17H34N4. The Morgan fingerprint density at radius 2 is 2.10 bits per heavy atom. The van der Waals surface area contributed by atoms with Gasteiger partial charge in [0.05, 0.1) is 6.07 Å². The lowest BCUT2D eigenvalue weighted by Gasteiger charge is -2.31. The summed E-state index contributed by atoms with van der Waals surface area (Å²) in [7, 11) is 2.21. The molecule has 4 nitrogen and oxygen atoms in total. The van der Waals surface area contributed by atoms with Gasteiger partial charge >= 0.3 is 0 Å². The van der Waals surface area contributed by atoms with Crippen LogP contribution in [0, 0.1) is 11.3 Å². The van der Waals surface area contributed by atoms with Gasteiger partial charge in [0.2, 0.25) is 0 Å². The molecule has 0 bridgehead atoms. The van der Waals surface area contributed by atoms with E-state index < -0.39 is 0 Å². The van der Waals surface area contributed by atoms with Crippen LogP contribution >= 0.6 is 0 Å². The Labute approximate surface area is 131 Å². The van der Waals surface area contributed by atoms with Crippen LogP contribution in [0.25, 0.3) is 0 Å². The van der Waals surface area contributed by atoms with Crippen molar-refractivity contribution in [3.8, 4) is 6.07 Å². The quantitative estimate of drug-likeness (QED) is 0.747. The Bertz CT molecular complexity index is 325. The smallest absolute Gasteiger partial charge is 0.106 e. The van der Waals surface area contributed by atoms with Gasteiger partial charge in [0.25, 0.3) is 0 Å². The summed E-state index contributed by atoms with van der Waals surface area (Å²) >= 11 is 0. The highest BCUT2D eigenvalue weighted by Crippen LogP contribution is 2.18. The fraction of sp³-hybridized carbons (Fsp3) is 0.941. The number of nitriles is 1. The summed E-state index contributed by atoms with van der Waals surface area (Å²) in [5.41, 5.74) is -0.318. The first-order valence-electron chi connectivity index (χ1n) is 8.65. The first kappa shape index (κ1) is 18.4. The Morgan fingerprint density at radius 1 is 1.33 bits per heavy atom. The van der Waals surface area contributed by atoms with Gasteiger partial charge < -0.3 is 4.90 Å². The topological polar surface area (TPSA) is 42.3 Å². The van der Waals surface area contributed by atoms with Crippen LogP contribution in [0.15, 0.2) is 0 Å². The summed E-state index contributed by atoms with van der Waals surface area (Å²) < 4.78 is 0. The lowest BCUT2D eigenvalue weighted by atomic mass is 9.91. The molecule has 122 valence electrons. The van der Waals surface area contributed by atoms with Gasteiger partial charge in [0.15, 0.2) is 0 Å². The Balaban J connectivity index is 2.44. The molecule has 2 atom stereocenters. The van der Waals surface area contributed by atoms with E-state index in [-0.39, 0.29) is 5.54 Å². The Kier molecular flexibility index (Phi) is 8.24. The fourth-order valence-electron chi connectivity index (χ4n) is 3.27. The van der Waals surface area contributed by atoms with Crippen molar-refractivity contribution < 1.29 is 0 Å². The van der Waals surface area contributed by atoms with Crippen molar-refractivity contribution in [1.82, 2.24) is 15.1 Å². The second-order valence-corrected chi connectivity index (χ2v) is 6.58. The maximum absolute atomic E-state index is 9.54. The third-order valence-electron chi connectivity index (χ3n) is 4.76. The van der Waals surface area contributed by atoms with Crippen molar-refractivity contribution in [2.45, 2.75) is 64.5 Å². The van der Waals surface area contributed by atoms with Gasteiger partial charge in [-0.1, -0.05) is 13.8 Å². The van der Waals surface area contributed by atoms with Gasteiger partial charge in [-0.05, 0) is 72.3 Å². The van der Waals surface area contributed by atoms with E-state index in [0.717, 1.165) is 45.3 Å². The third kappa shape index (κ3) is 5.94. The zero-order valence-corrected chi connectivity index (χ0v) is 14.5. The van der Waals surface area contributed by atoms with Crippen LogP contribution < -0.4 is 5.32 Å². The van der Waals surface area contributed by atoms with E-state index in [9.17, 15) is 5.26 Å². The van der Waals surface area contributed by atoms with E-state index in [0.29, 0.717) is 6.04 Å². The van der Waals surface area contributed by atoms with Crippen molar-refractivity contribution in [3.63, 3.8) is 0 Å². The molecule has 1 aliphatic rings. The molecule has 0 amide bonds. The second kappa shape index (κ2) is 9.40. The maximum atomic E-state index is 9.54. The predicted molar refractivity (Wildman–Crippen MR) is 89.3 cm³/mol. The summed E-state index contributed by atoms with van der Waals surface area (Å²) in [6.45, 7) is 12.2. The van der Waals surface area contributed by atoms with E-state index in [4.69, 9.17) is 0 Å². The van der Waals surface area contributed by atoms with Crippen LogP contribution in [0.4, 0.5) is 0 Å². The molecule has 0 saturated carbocycles. The van der Waals surface area contributed by atoms with Crippen LogP contribution in [-0.2, 0) is 0 Å². The highest BCUT2D eigenvalue weighted by atomic mass is 15.2. The van der Waals surface area contributed by atoms with E-state index in [1.807, 2.05) is 0 Å². The van der Waals surface area contributed by atoms with E-state index in [1.54, 1.807) is 0 Å². The largest absolute Gasteiger partial charge is 0.305 e. The number of nitrogens with zero attached hydrogens (tertiary/aromatic N) is 3. The standard InChI is InChI=1S/C17H34N4/c1-5-10-19-17(6-2,15-18)9-7-12-21-13-8-11-20(4)14-16(21)3/h16,19H,5-14H2,1-4H3. The first-order chi connectivity index (χ1) is 10.1. The molecule has 0 radical (unpaired) electrons. The van der Waals surface area contributed by atoms with Crippen molar-refractivity contribution in [1.29, 1.82) is 5.26 Å². The number of nitrogens with one attached hydrogen (secondary N) is 1. The van der Waals surface area contributed by atoms with Crippen LogP contribution in [0.5, 0.6) is 0 Å². The van der Waals surface area contributed by atoms with E-state index >= 15 is 0 Å². The second-order valence-electron chi connectivity index (χ2n) is 6.58. The summed E-state index contributed by atoms with van der Waals surface area (Å²) in [5.74, 6) is 0. The number of rotatable bonds is 8. The molecule has 1 heterocycles. The van der Waals surface area contributed by atoms with Gasteiger partial charge in [0.1, 0.15) is 5.54 Å². The summed E-state index contributed by atoms with van der Waals surface area (Å²) in [6, 6.07) is 3.15. The minimum atomic E-state index is -0.318. The van der Waals surface area contributed by atoms with Crippen LogP contribution in [0.3, 0.4) is 0 Å². The minimum Gasteiger partial charge on any atom is -0.305 e. The number of hydrogen-bond acceptors (Lipinski definition) is 4. The van der Waals surface area contributed by atoms with Gasteiger partial charge in [-0.15, -0.1) is 0 Å². The molecular weight excluding hydrogens is 260 g/mol. The number of hydrogen-bond donors (Lipinski definition) is 1. The van der Waals surface area contributed by atoms with Crippen LogP contribution in [0.1, 0.15) is 52.9 Å². The van der Waals surface area contributed by atoms with Crippen molar-refractivity contribution in [2.75, 3.05) is 39.8 Å². The summed E-state index contributed by atoms with van der Waals surface area (Å²) in [6.07, 6.45) is 5.29. The molecule has 1 fully saturated rings. The van der Waals surface area contributed by atoms with Gasteiger partial charge in [-0.25, -0.2) is 0 Å². The third-order valence-corrected chi connectivity index (χ3v) is 4.76. The molecule has 2 unspecified atom stereocenters. The molecule has 0 aromatic heterocycles. The monoisotopic (exact) mass is 294 g/mol. The molecule has 1 N–H and O–H groups in total. The molecule has 1 rings (SSSR count). The fourth-order valence-corrected chi connectivity index (χ4v) is 3.27. The molecule has 21 heavy (non-hydrogen) atoms. The zero-order chi connectivity index (χ0) is 15.7. The molecule has 1 aliphatic heterocycles. The average molecular weight is 294 g/mol. The summed E-state index contributed by atoms with van der Waals surface area (Å²) in [5, 5.41) is 13.0. The lowest BCUT2D eigenvalue weighted by Crippen LogP contribution is -2.45. The zero-order valence-electron chi connectivity index (χ0n) is 14.5. The highest BCUT2D eigenvalue weighted by Gasteiger charge is 2.27. The molecule has 1 saturated heterocycles. The molecule has 4 heteroatoms. The lowest BCUT2D eigenvalue weighted by molar-refractivity contribution is 0.192. The first-order valence-corrected chi connectivity index (χ1v) is 8.65. The maximum Gasteiger partial charge on any atom is 0.106 e. The molecule has 0 aromatic rings. The summed E-state index contributed by atoms with van der Waals surface area (Å²) in [4.78, 5) is 5.03. The van der Waals surface area contributed by atoms with Crippen LogP contribution in [-0.4, -0.2) is 61.2 Å². The van der Waals surface area contributed by atoms with Crippen molar-refractivity contribution >= 4 is 0 Å². The van der Waals surface area contributed by atoms with Crippen LogP contribution in [0.2, 0.25) is 0 Å². The number of likely N-dealkylation sites (N-methyl/N-ethyl adjacent to an activating group) is 1. The Morgan fingerprint density at radius 3 is 2.71 bits per heavy atom.